The lowest BCUT2D eigenvalue weighted by Gasteiger charge is -2.22. The summed E-state index contributed by atoms with van der Waals surface area (Å²) in [6, 6.07) is 6.26. The van der Waals surface area contributed by atoms with Crippen LogP contribution in [0, 0.1) is 6.92 Å². The molecule has 7 nitrogen and oxygen atoms in total. The van der Waals surface area contributed by atoms with Crippen LogP contribution in [-0.2, 0) is 13.6 Å². The normalized spacial score (nSPS) is 18.5. The van der Waals surface area contributed by atoms with E-state index in [0.717, 1.165) is 52.4 Å². The zero-order valence-corrected chi connectivity index (χ0v) is 18.3. The number of rotatable bonds is 0. The van der Waals surface area contributed by atoms with Crippen molar-refractivity contribution in [1.82, 2.24) is 29.3 Å². The highest BCUT2D eigenvalue weighted by Crippen LogP contribution is 2.33. The second kappa shape index (κ2) is 7.37. The summed E-state index contributed by atoms with van der Waals surface area (Å²) in [6.45, 7) is 5.78. The summed E-state index contributed by atoms with van der Waals surface area (Å²) in [4.78, 5) is 3.53. The van der Waals surface area contributed by atoms with Gasteiger partial charge in [-0.15, -0.1) is 0 Å². The van der Waals surface area contributed by atoms with Crippen LogP contribution in [0.1, 0.15) is 28.8 Å². The lowest BCUT2D eigenvalue weighted by molar-refractivity contribution is 0.149. The summed E-state index contributed by atoms with van der Waals surface area (Å²) in [7, 11) is 4.03. The van der Waals surface area contributed by atoms with Crippen molar-refractivity contribution in [2.75, 3.05) is 13.6 Å². The van der Waals surface area contributed by atoms with Crippen LogP contribution in [0.15, 0.2) is 24.4 Å². The average Bonchev–Trinajstić information content (AvgIpc) is 3.38. The molecule has 0 radical (unpaired) electrons. The molecule has 1 aliphatic rings. The third-order valence-electron chi connectivity index (χ3n) is 5.47. The van der Waals surface area contributed by atoms with Crippen molar-refractivity contribution in [3.05, 3.63) is 46.2 Å². The maximum Gasteiger partial charge on any atom is 0.219 e. The van der Waals surface area contributed by atoms with Gasteiger partial charge in [0.05, 0.1) is 28.7 Å². The molecular weight excluding hydrogens is 396 g/mol. The van der Waals surface area contributed by atoms with Crippen LogP contribution in [0.5, 0.6) is 5.88 Å². The number of hydrogen-bond donors (Lipinski definition) is 1. The predicted octanol–water partition coefficient (Wildman–Crippen LogP) is 4.11. The number of likely N-dealkylation sites (N-methyl/N-ethyl adjacent to an activating group) is 1. The Balaban J connectivity index is 1.69. The van der Waals surface area contributed by atoms with Crippen LogP contribution in [0.2, 0.25) is 0 Å². The van der Waals surface area contributed by atoms with Gasteiger partial charge in [-0.3, -0.25) is 10.00 Å². The van der Waals surface area contributed by atoms with Crippen LogP contribution in [0.3, 0.4) is 0 Å². The van der Waals surface area contributed by atoms with Gasteiger partial charge in [0.1, 0.15) is 6.10 Å². The van der Waals surface area contributed by atoms with E-state index in [1.807, 2.05) is 19.3 Å². The summed E-state index contributed by atoms with van der Waals surface area (Å²) in [5.74, 6) is 0.778. The Morgan fingerprint density at radius 1 is 1.23 bits per heavy atom. The molecule has 154 valence electrons. The molecule has 1 aromatic carbocycles. The Hall–Kier alpha value is -2.97. The fraction of sp³-hybridized carbons (Fsp3) is 0.318. The second-order valence-electron chi connectivity index (χ2n) is 7.92. The molecule has 2 bridgehead atoms. The van der Waals surface area contributed by atoms with E-state index < -0.39 is 0 Å². The summed E-state index contributed by atoms with van der Waals surface area (Å²) >= 11 is 1.56. The zero-order valence-electron chi connectivity index (χ0n) is 17.5. The molecule has 0 unspecified atom stereocenters. The second-order valence-corrected chi connectivity index (χ2v) is 8.78. The van der Waals surface area contributed by atoms with Crippen LogP contribution in [0.25, 0.3) is 34.2 Å². The van der Waals surface area contributed by atoms with Crippen molar-refractivity contribution >= 4 is 34.6 Å². The topological polar surface area (TPSA) is 71.9 Å². The highest BCUT2D eigenvalue weighted by molar-refractivity contribution is 7.06. The largest absolute Gasteiger partial charge is 0.473 e. The Bertz CT molecular complexity index is 1250. The number of nitrogens with one attached hydrogen (secondary N) is 1. The van der Waals surface area contributed by atoms with E-state index in [2.05, 4.69) is 69.7 Å². The molecule has 4 aromatic rings. The summed E-state index contributed by atoms with van der Waals surface area (Å²) in [5.41, 5.74) is 6.19. The first-order chi connectivity index (χ1) is 14.5. The summed E-state index contributed by atoms with van der Waals surface area (Å²) in [6.07, 6.45) is 6.13. The smallest absolute Gasteiger partial charge is 0.219 e. The Morgan fingerprint density at radius 2 is 2.10 bits per heavy atom. The van der Waals surface area contributed by atoms with Gasteiger partial charge < -0.3 is 4.74 Å². The third-order valence-corrected chi connectivity index (χ3v) is 6.41. The number of ether oxygens (including phenoxy) is 1. The maximum atomic E-state index is 6.36. The first-order valence-electron chi connectivity index (χ1n) is 9.98. The molecule has 0 amide bonds. The molecule has 0 saturated carbocycles. The first kappa shape index (κ1) is 19.0. The van der Waals surface area contributed by atoms with E-state index in [1.165, 1.54) is 10.4 Å². The first-order valence-corrected chi connectivity index (χ1v) is 10.8. The van der Waals surface area contributed by atoms with Gasteiger partial charge in [-0.25, -0.2) is 4.68 Å². The minimum absolute atomic E-state index is 0.00973. The lowest BCUT2D eigenvalue weighted by atomic mass is 10.0. The Morgan fingerprint density at radius 3 is 2.97 bits per heavy atom. The quantitative estimate of drug-likeness (QED) is 0.463. The van der Waals surface area contributed by atoms with E-state index in [9.17, 15) is 0 Å². The van der Waals surface area contributed by atoms with Gasteiger partial charge in [-0.1, -0.05) is 6.07 Å². The summed E-state index contributed by atoms with van der Waals surface area (Å²) in [5, 5.41) is 13.2. The number of fused-ring (bicyclic) bond motifs is 4. The Labute approximate surface area is 179 Å². The van der Waals surface area contributed by atoms with Gasteiger partial charge in [-0.05, 0) is 62.3 Å². The van der Waals surface area contributed by atoms with Crippen molar-refractivity contribution in [2.45, 2.75) is 26.5 Å². The van der Waals surface area contributed by atoms with E-state index in [4.69, 9.17) is 4.74 Å². The van der Waals surface area contributed by atoms with Gasteiger partial charge in [0.2, 0.25) is 5.88 Å². The van der Waals surface area contributed by atoms with Crippen molar-refractivity contribution in [3.63, 3.8) is 0 Å². The molecule has 5 rings (SSSR count). The number of aryl methyl sites for hydroxylation is 2. The number of aromatic amines is 1. The van der Waals surface area contributed by atoms with Crippen LogP contribution >= 0.6 is 11.5 Å². The van der Waals surface area contributed by atoms with Crippen molar-refractivity contribution in [2.24, 2.45) is 7.05 Å². The lowest BCUT2D eigenvalue weighted by Crippen LogP contribution is -2.31. The van der Waals surface area contributed by atoms with Crippen molar-refractivity contribution < 1.29 is 4.74 Å². The van der Waals surface area contributed by atoms with E-state index in [1.54, 1.807) is 16.2 Å². The highest BCUT2D eigenvalue weighted by Gasteiger charge is 2.19. The molecule has 1 aliphatic heterocycles. The van der Waals surface area contributed by atoms with E-state index in [0.29, 0.717) is 0 Å². The minimum atomic E-state index is 0.00973. The molecule has 0 fully saturated rings. The SMILES string of the molecule is Cc1nsc2c1/C=C/c1[nH]nc3ccc(cc13)-c1cnn(C)c1O[C@@H](C)CN(C)C2. The van der Waals surface area contributed by atoms with Gasteiger partial charge >= 0.3 is 0 Å². The molecule has 1 atom stereocenters. The zero-order chi connectivity index (χ0) is 20.8. The summed E-state index contributed by atoms with van der Waals surface area (Å²) < 4.78 is 12.7. The van der Waals surface area contributed by atoms with Crippen molar-refractivity contribution in [1.29, 1.82) is 0 Å². The average molecular weight is 421 g/mol. The molecule has 0 saturated heterocycles. The van der Waals surface area contributed by atoms with Crippen LogP contribution in [-0.4, -0.2) is 48.9 Å². The minimum Gasteiger partial charge on any atom is -0.473 e. The van der Waals surface area contributed by atoms with Crippen LogP contribution < -0.4 is 4.74 Å². The van der Waals surface area contributed by atoms with Gasteiger partial charge in [0.25, 0.3) is 0 Å². The predicted molar refractivity (Wildman–Crippen MR) is 120 cm³/mol. The van der Waals surface area contributed by atoms with Crippen LogP contribution in [0.4, 0.5) is 0 Å². The molecule has 0 aliphatic carbocycles. The molecule has 30 heavy (non-hydrogen) atoms. The van der Waals surface area contributed by atoms with Gasteiger partial charge in [0, 0.05) is 36.0 Å². The van der Waals surface area contributed by atoms with Gasteiger partial charge in [-0.2, -0.15) is 14.6 Å². The molecule has 3 aromatic heterocycles. The standard InChI is InChI=1S/C22H24N6OS/c1-13-11-27(3)12-21-16(14(2)26-30-21)6-8-20-17-9-15(5-7-19(17)24-25-20)18-10-23-28(4)22(18)29-13/h5-10,13H,11-12H2,1-4H3,(H,24,25)/b8-6+/t13-/m0/s1. The number of aromatic nitrogens is 5. The number of H-pyrrole nitrogens is 1. The molecule has 8 heteroatoms. The number of nitrogens with zero attached hydrogens (tertiary/aromatic N) is 5. The molecule has 0 spiro atoms. The van der Waals surface area contributed by atoms with E-state index >= 15 is 0 Å². The van der Waals surface area contributed by atoms with Crippen molar-refractivity contribution in [3.8, 4) is 17.0 Å². The maximum absolute atomic E-state index is 6.36. The number of benzene rings is 1. The fourth-order valence-electron chi connectivity index (χ4n) is 3.98. The van der Waals surface area contributed by atoms with Gasteiger partial charge in [0.15, 0.2) is 0 Å². The fourth-order valence-corrected chi connectivity index (χ4v) is 4.92. The third kappa shape index (κ3) is 3.32. The molecule has 1 N–H and O–H groups in total. The molecular formula is C22H24N6OS. The van der Waals surface area contributed by atoms with E-state index in [-0.39, 0.29) is 6.10 Å². The highest BCUT2D eigenvalue weighted by atomic mass is 32.1. The number of hydrogen-bond acceptors (Lipinski definition) is 6. The Kier molecular flexibility index (Phi) is 4.67. The molecule has 4 heterocycles. The monoisotopic (exact) mass is 420 g/mol.